The molecule has 0 spiro atoms. The molecule has 2 aliphatic rings. The van der Waals surface area contributed by atoms with Gasteiger partial charge in [-0.1, -0.05) is 0 Å². The SMILES string of the molecule is C[C@H](OCC1CC1)C(=O)N1CCCN(c2ncccc2C#N)CC1. The zero-order chi connectivity index (χ0) is 16.9. The number of anilines is 1. The van der Waals surface area contributed by atoms with Crippen LogP contribution in [0.5, 0.6) is 0 Å². The van der Waals surface area contributed by atoms with Gasteiger partial charge >= 0.3 is 0 Å². The van der Waals surface area contributed by atoms with Gasteiger partial charge in [0.05, 0.1) is 12.2 Å². The Labute approximate surface area is 143 Å². The molecule has 1 atom stereocenters. The van der Waals surface area contributed by atoms with Crippen LogP contribution in [0, 0.1) is 17.2 Å². The molecule has 1 amide bonds. The molecular weight excluding hydrogens is 304 g/mol. The van der Waals surface area contributed by atoms with Crippen LogP contribution in [0.3, 0.4) is 0 Å². The number of rotatable bonds is 5. The summed E-state index contributed by atoms with van der Waals surface area (Å²) in [5.74, 6) is 1.44. The molecule has 128 valence electrons. The molecule has 1 saturated heterocycles. The van der Waals surface area contributed by atoms with Gasteiger partial charge in [0.1, 0.15) is 18.0 Å². The van der Waals surface area contributed by atoms with Crippen LogP contribution >= 0.6 is 0 Å². The van der Waals surface area contributed by atoms with Crippen LogP contribution in [-0.2, 0) is 9.53 Å². The number of hydrogen-bond acceptors (Lipinski definition) is 5. The first-order valence-electron chi connectivity index (χ1n) is 8.69. The normalized spacial score (nSPS) is 19.5. The van der Waals surface area contributed by atoms with Crippen LogP contribution in [-0.4, -0.2) is 54.7 Å². The van der Waals surface area contributed by atoms with E-state index in [1.54, 1.807) is 18.3 Å². The average molecular weight is 328 g/mol. The summed E-state index contributed by atoms with van der Waals surface area (Å²) in [7, 11) is 0. The van der Waals surface area contributed by atoms with Gasteiger partial charge in [-0.2, -0.15) is 5.26 Å². The van der Waals surface area contributed by atoms with Gasteiger partial charge in [0.25, 0.3) is 5.91 Å². The summed E-state index contributed by atoms with van der Waals surface area (Å²) in [4.78, 5) is 20.9. The fourth-order valence-electron chi connectivity index (χ4n) is 2.98. The lowest BCUT2D eigenvalue weighted by Crippen LogP contribution is -2.41. The maximum Gasteiger partial charge on any atom is 0.251 e. The largest absolute Gasteiger partial charge is 0.368 e. The van der Waals surface area contributed by atoms with E-state index < -0.39 is 0 Å². The molecule has 1 aliphatic heterocycles. The van der Waals surface area contributed by atoms with Gasteiger partial charge < -0.3 is 14.5 Å². The lowest BCUT2D eigenvalue weighted by molar-refractivity contribution is -0.142. The molecule has 3 rings (SSSR count). The number of ether oxygens (including phenoxy) is 1. The highest BCUT2D eigenvalue weighted by molar-refractivity contribution is 5.80. The molecule has 0 N–H and O–H groups in total. The molecule has 6 heteroatoms. The maximum absolute atomic E-state index is 12.6. The monoisotopic (exact) mass is 328 g/mol. The quantitative estimate of drug-likeness (QED) is 0.824. The van der Waals surface area contributed by atoms with Crippen molar-refractivity contribution in [3.05, 3.63) is 23.9 Å². The van der Waals surface area contributed by atoms with Crippen LogP contribution in [0.4, 0.5) is 5.82 Å². The Balaban J connectivity index is 1.58. The number of carbonyl (C=O) groups is 1. The molecule has 2 heterocycles. The second kappa shape index (κ2) is 7.63. The van der Waals surface area contributed by atoms with Crippen molar-refractivity contribution < 1.29 is 9.53 Å². The second-order valence-electron chi connectivity index (χ2n) is 6.57. The third kappa shape index (κ3) is 4.04. The number of amides is 1. The highest BCUT2D eigenvalue weighted by Crippen LogP contribution is 2.29. The number of nitriles is 1. The van der Waals surface area contributed by atoms with E-state index in [0.29, 0.717) is 37.0 Å². The lowest BCUT2D eigenvalue weighted by Gasteiger charge is -2.25. The van der Waals surface area contributed by atoms with Crippen molar-refractivity contribution in [3.63, 3.8) is 0 Å². The van der Waals surface area contributed by atoms with Gasteiger partial charge in [0.15, 0.2) is 0 Å². The summed E-state index contributed by atoms with van der Waals surface area (Å²) in [6.07, 6.45) is 4.65. The van der Waals surface area contributed by atoms with E-state index in [2.05, 4.69) is 16.0 Å². The Morgan fingerprint density at radius 1 is 1.42 bits per heavy atom. The number of hydrogen-bond donors (Lipinski definition) is 0. The van der Waals surface area contributed by atoms with E-state index in [9.17, 15) is 10.1 Å². The van der Waals surface area contributed by atoms with Crippen molar-refractivity contribution in [2.45, 2.75) is 32.3 Å². The van der Waals surface area contributed by atoms with Crippen molar-refractivity contribution in [2.24, 2.45) is 5.92 Å². The summed E-state index contributed by atoms with van der Waals surface area (Å²) in [5.41, 5.74) is 0.582. The third-order valence-electron chi connectivity index (χ3n) is 4.64. The molecule has 0 radical (unpaired) electrons. The second-order valence-corrected chi connectivity index (χ2v) is 6.57. The molecule has 0 unspecified atom stereocenters. The fourth-order valence-corrected chi connectivity index (χ4v) is 2.98. The van der Waals surface area contributed by atoms with Crippen molar-refractivity contribution in [2.75, 3.05) is 37.7 Å². The standard InChI is InChI=1S/C18H24N4O2/c1-14(24-13-15-5-6-15)18(23)22-9-3-8-21(10-11-22)17-16(12-19)4-2-7-20-17/h2,4,7,14-15H,3,5-6,8-11,13H2,1H3/t14-/m0/s1. The molecule has 1 aromatic heterocycles. The Morgan fingerprint density at radius 3 is 3.00 bits per heavy atom. The molecule has 1 aromatic rings. The fraction of sp³-hybridized carbons (Fsp3) is 0.611. The first kappa shape index (κ1) is 16.7. The number of pyridine rings is 1. The van der Waals surface area contributed by atoms with Gasteiger partial charge in [-0.25, -0.2) is 4.98 Å². The minimum absolute atomic E-state index is 0.0685. The van der Waals surface area contributed by atoms with E-state index in [1.165, 1.54) is 12.8 Å². The Hall–Kier alpha value is -2.13. The first-order chi connectivity index (χ1) is 11.7. The predicted octanol–water partition coefficient (Wildman–Crippen LogP) is 1.81. The van der Waals surface area contributed by atoms with Crippen LogP contribution < -0.4 is 4.90 Å². The van der Waals surface area contributed by atoms with E-state index in [-0.39, 0.29) is 12.0 Å². The Kier molecular flexibility index (Phi) is 5.31. The van der Waals surface area contributed by atoms with Crippen molar-refractivity contribution in [1.82, 2.24) is 9.88 Å². The number of aromatic nitrogens is 1. The number of carbonyl (C=O) groups excluding carboxylic acids is 1. The molecule has 6 nitrogen and oxygen atoms in total. The molecule has 1 aliphatic carbocycles. The van der Waals surface area contributed by atoms with Crippen molar-refractivity contribution in [3.8, 4) is 6.07 Å². The summed E-state index contributed by atoms with van der Waals surface area (Å²) in [5, 5.41) is 9.24. The van der Waals surface area contributed by atoms with Gasteiger partial charge in [-0.05, 0) is 44.2 Å². The highest BCUT2D eigenvalue weighted by Gasteiger charge is 2.27. The molecular formula is C18H24N4O2. The Morgan fingerprint density at radius 2 is 2.25 bits per heavy atom. The van der Waals surface area contributed by atoms with E-state index >= 15 is 0 Å². The minimum Gasteiger partial charge on any atom is -0.368 e. The van der Waals surface area contributed by atoms with Crippen LogP contribution in [0.25, 0.3) is 0 Å². The smallest absolute Gasteiger partial charge is 0.251 e. The zero-order valence-corrected chi connectivity index (χ0v) is 14.1. The summed E-state index contributed by atoms with van der Waals surface area (Å²) in [6, 6.07) is 5.75. The van der Waals surface area contributed by atoms with Gasteiger partial charge in [-0.3, -0.25) is 4.79 Å². The van der Waals surface area contributed by atoms with Gasteiger partial charge in [0, 0.05) is 32.4 Å². The molecule has 0 bridgehead atoms. The minimum atomic E-state index is -0.373. The topological polar surface area (TPSA) is 69.5 Å². The molecule has 24 heavy (non-hydrogen) atoms. The van der Waals surface area contributed by atoms with E-state index in [1.807, 2.05) is 11.8 Å². The molecule has 0 aromatic carbocycles. The van der Waals surface area contributed by atoms with Crippen LogP contribution in [0.2, 0.25) is 0 Å². The summed E-state index contributed by atoms with van der Waals surface area (Å²) in [6.45, 7) is 5.39. The summed E-state index contributed by atoms with van der Waals surface area (Å²) >= 11 is 0. The summed E-state index contributed by atoms with van der Waals surface area (Å²) < 4.78 is 5.71. The third-order valence-corrected chi connectivity index (χ3v) is 4.64. The van der Waals surface area contributed by atoms with Gasteiger partial charge in [-0.15, -0.1) is 0 Å². The average Bonchev–Trinajstić information content (AvgIpc) is 3.45. The van der Waals surface area contributed by atoms with Crippen molar-refractivity contribution in [1.29, 1.82) is 5.26 Å². The van der Waals surface area contributed by atoms with Gasteiger partial charge in [0.2, 0.25) is 0 Å². The molecule has 2 fully saturated rings. The van der Waals surface area contributed by atoms with E-state index in [4.69, 9.17) is 4.74 Å². The first-order valence-corrected chi connectivity index (χ1v) is 8.69. The van der Waals surface area contributed by atoms with Crippen LogP contribution in [0.15, 0.2) is 18.3 Å². The maximum atomic E-state index is 12.6. The number of nitrogens with zero attached hydrogens (tertiary/aromatic N) is 4. The Bertz CT molecular complexity index is 624. The van der Waals surface area contributed by atoms with Crippen LogP contribution in [0.1, 0.15) is 31.7 Å². The zero-order valence-electron chi connectivity index (χ0n) is 14.1. The predicted molar refractivity (Wildman–Crippen MR) is 90.5 cm³/mol. The van der Waals surface area contributed by atoms with Crippen molar-refractivity contribution >= 4 is 11.7 Å². The highest BCUT2D eigenvalue weighted by atomic mass is 16.5. The van der Waals surface area contributed by atoms with E-state index in [0.717, 1.165) is 19.5 Å². The molecule has 1 saturated carbocycles. The lowest BCUT2D eigenvalue weighted by atomic mass is 10.2.